The first-order valence-electron chi connectivity index (χ1n) is 5.86. The van der Waals surface area contributed by atoms with Crippen molar-refractivity contribution in [3.63, 3.8) is 0 Å². The van der Waals surface area contributed by atoms with Gasteiger partial charge >= 0.3 is 6.18 Å². The molecule has 0 spiro atoms. The number of benzene rings is 1. The zero-order chi connectivity index (χ0) is 15.6. The lowest BCUT2D eigenvalue weighted by atomic mass is 10.3. The highest BCUT2D eigenvalue weighted by atomic mass is 79.9. The van der Waals surface area contributed by atoms with Crippen LogP contribution in [0, 0.1) is 5.82 Å². The Bertz CT molecular complexity index is 644. The fourth-order valence-corrected chi connectivity index (χ4v) is 2.40. The van der Waals surface area contributed by atoms with Crippen molar-refractivity contribution in [2.45, 2.75) is 18.6 Å². The maximum Gasteiger partial charge on any atom is 0.411 e. The van der Waals surface area contributed by atoms with Gasteiger partial charge < -0.3 is 9.30 Å². The molecule has 1 aromatic heterocycles. The molecule has 0 amide bonds. The van der Waals surface area contributed by atoms with E-state index in [0.717, 1.165) is 0 Å². The first-order chi connectivity index (χ1) is 9.81. The molecule has 9 heteroatoms. The summed E-state index contributed by atoms with van der Waals surface area (Å²) in [5.74, 6) is 0.0362. The van der Waals surface area contributed by atoms with Gasteiger partial charge in [-0.15, -0.1) is 11.6 Å². The number of hydrogen-bond acceptors (Lipinski definition) is 2. The Balaban J connectivity index is 2.19. The molecule has 0 unspecified atom stereocenters. The minimum absolute atomic E-state index is 0.0627. The summed E-state index contributed by atoms with van der Waals surface area (Å²) in [4.78, 5) is 4.15. The predicted molar refractivity (Wildman–Crippen MR) is 73.8 cm³/mol. The van der Waals surface area contributed by atoms with Crippen molar-refractivity contribution in [3.8, 4) is 0 Å². The molecule has 1 aromatic carbocycles. The molecule has 0 fully saturated rings. The number of rotatable bonds is 5. The van der Waals surface area contributed by atoms with E-state index in [4.69, 9.17) is 11.6 Å². The first kappa shape index (κ1) is 16.5. The average molecular weight is 390 g/mol. The average Bonchev–Trinajstić information content (AvgIpc) is 2.71. The maximum absolute atomic E-state index is 13.5. The Hall–Kier alpha value is -0.860. The fraction of sp³-hybridized carbons (Fsp3) is 0.417. The van der Waals surface area contributed by atoms with Crippen LogP contribution in [0.15, 0.2) is 16.6 Å². The van der Waals surface area contributed by atoms with Crippen molar-refractivity contribution in [2.75, 3.05) is 13.2 Å². The lowest BCUT2D eigenvalue weighted by Gasteiger charge is -2.10. The smallest absolute Gasteiger partial charge is 0.370 e. The third kappa shape index (κ3) is 4.08. The number of nitrogens with zero attached hydrogens (tertiary/aromatic N) is 2. The Morgan fingerprint density at radius 2 is 2.05 bits per heavy atom. The molecular formula is C12H10BrClF4N2O. The molecule has 0 N–H and O–H groups in total. The third-order valence-electron chi connectivity index (χ3n) is 2.71. The molecule has 1 heterocycles. The van der Waals surface area contributed by atoms with Crippen LogP contribution >= 0.6 is 27.5 Å². The van der Waals surface area contributed by atoms with Gasteiger partial charge in [0.15, 0.2) is 0 Å². The van der Waals surface area contributed by atoms with E-state index in [1.165, 1.54) is 12.1 Å². The Morgan fingerprint density at radius 3 is 2.67 bits per heavy atom. The maximum atomic E-state index is 13.5. The largest absolute Gasteiger partial charge is 0.411 e. The van der Waals surface area contributed by atoms with Crippen LogP contribution in [0.1, 0.15) is 5.82 Å². The van der Waals surface area contributed by atoms with E-state index in [9.17, 15) is 17.6 Å². The summed E-state index contributed by atoms with van der Waals surface area (Å²) in [7, 11) is 0. The van der Waals surface area contributed by atoms with Crippen molar-refractivity contribution in [1.82, 2.24) is 9.55 Å². The van der Waals surface area contributed by atoms with Crippen molar-refractivity contribution < 1.29 is 22.3 Å². The van der Waals surface area contributed by atoms with Crippen molar-refractivity contribution in [3.05, 3.63) is 28.2 Å². The lowest BCUT2D eigenvalue weighted by Crippen LogP contribution is -2.19. The van der Waals surface area contributed by atoms with E-state index in [2.05, 4.69) is 25.7 Å². The quantitative estimate of drug-likeness (QED) is 0.434. The van der Waals surface area contributed by atoms with E-state index in [-0.39, 0.29) is 23.5 Å². The Kier molecular flexibility index (Phi) is 5.11. The SMILES string of the molecule is Fc1cc2nc(CCl)n(CCOCC(F)(F)F)c2cc1Br. The summed E-state index contributed by atoms with van der Waals surface area (Å²) in [6.07, 6.45) is -4.36. The topological polar surface area (TPSA) is 27.1 Å². The Labute approximate surface area is 131 Å². The highest BCUT2D eigenvalue weighted by Gasteiger charge is 2.27. The summed E-state index contributed by atoms with van der Waals surface area (Å²) in [6, 6.07) is 2.75. The number of alkyl halides is 4. The molecule has 2 aromatic rings. The molecule has 0 radical (unpaired) electrons. The molecule has 0 saturated carbocycles. The van der Waals surface area contributed by atoms with Crippen LogP contribution < -0.4 is 0 Å². The number of halogens is 6. The van der Waals surface area contributed by atoms with Gasteiger partial charge in [-0.05, 0) is 22.0 Å². The van der Waals surface area contributed by atoms with Crippen LogP contribution in [-0.4, -0.2) is 28.9 Å². The first-order valence-corrected chi connectivity index (χ1v) is 7.19. The highest BCUT2D eigenvalue weighted by Crippen LogP contribution is 2.25. The molecule has 0 bridgehead atoms. The highest BCUT2D eigenvalue weighted by molar-refractivity contribution is 9.10. The molecule has 21 heavy (non-hydrogen) atoms. The molecule has 116 valence electrons. The van der Waals surface area contributed by atoms with Gasteiger partial charge in [0.25, 0.3) is 0 Å². The zero-order valence-electron chi connectivity index (χ0n) is 10.6. The van der Waals surface area contributed by atoms with Crippen molar-refractivity contribution in [2.24, 2.45) is 0 Å². The van der Waals surface area contributed by atoms with Gasteiger partial charge in [-0.2, -0.15) is 13.2 Å². The van der Waals surface area contributed by atoms with Crippen LogP contribution in [-0.2, 0) is 17.2 Å². The minimum Gasteiger partial charge on any atom is -0.370 e. The van der Waals surface area contributed by atoms with Gasteiger partial charge in [0.05, 0.1) is 28.0 Å². The van der Waals surface area contributed by atoms with Gasteiger partial charge in [-0.25, -0.2) is 9.37 Å². The molecule has 2 rings (SSSR count). The van der Waals surface area contributed by atoms with E-state index < -0.39 is 18.6 Å². The fourth-order valence-electron chi connectivity index (χ4n) is 1.87. The van der Waals surface area contributed by atoms with Gasteiger partial charge in [0.2, 0.25) is 0 Å². The molecule has 0 saturated heterocycles. The summed E-state index contributed by atoms with van der Waals surface area (Å²) in [6.45, 7) is -1.31. The molecule has 3 nitrogen and oxygen atoms in total. The summed E-state index contributed by atoms with van der Waals surface area (Å²) < 4.78 is 55.9. The molecule has 0 atom stereocenters. The third-order valence-corrected chi connectivity index (χ3v) is 3.56. The second-order valence-electron chi connectivity index (χ2n) is 4.24. The van der Waals surface area contributed by atoms with Crippen LogP contribution in [0.2, 0.25) is 0 Å². The summed E-state index contributed by atoms with van der Waals surface area (Å²) in [5, 5.41) is 0. The normalized spacial score (nSPS) is 12.3. The predicted octanol–water partition coefficient (Wildman–Crippen LogP) is 4.26. The monoisotopic (exact) mass is 388 g/mol. The van der Waals surface area contributed by atoms with Crippen LogP contribution in [0.25, 0.3) is 11.0 Å². The number of imidazole rings is 1. The number of aromatic nitrogens is 2. The van der Waals surface area contributed by atoms with E-state index in [1.807, 2.05) is 0 Å². The number of fused-ring (bicyclic) bond motifs is 1. The van der Waals surface area contributed by atoms with Crippen LogP contribution in [0.5, 0.6) is 0 Å². The second-order valence-corrected chi connectivity index (χ2v) is 5.36. The molecule has 0 aliphatic heterocycles. The summed E-state index contributed by atoms with van der Waals surface area (Å²) >= 11 is 8.82. The van der Waals surface area contributed by atoms with Crippen molar-refractivity contribution >= 4 is 38.6 Å². The van der Waals surface area contributed by atoms with Gasteiger partial charge in [-0.1, -0.05) is 0 Å². The molecular weight excluding hydrogens is 379 g/mol. The van der Waals surface area contributed by atoms with Crippen LogP contribution in [0.4, 0.5) is 17.6 Å². The molecule has 0 aliphatic rings. The lowest BCUT2D eigenvalue weighted by molar-refractivity contribution is -0.174. The van der Waals surface area contributed by atoms with E-state index >= 15 is 0 Å². The molecule has 0 aliphatic carbocycles. The van der Waals surface area contributed by atoms with Gasteiger partial charge in [-0.3, -0.25) is 0 Å². The number of hydrogen-bond donors (Lipinski definition) is 0. The minimum atomic E-state index is -4.36. The zero-order valence-corrected chi connectivity index (χ0v) is 12.9. The second kappa shape index (κ2) is 6.50. The standard InChI is InChI=1S/C12H10BrClF4N2O/c13-7-3-10-9(4-8(7)15)19-11(5-14)20(10)1-2-21-6-12(16,17)18/h3-4H,1-2,5-6H2. The van der Waals surface area contributed by atoms with Crippen LogP contribution in [0.3, 0.4) is 0 Å². The van der Waals surface area contributed by atoms with Gasteiger partial charge in [0.1, 0.15) is 18.2 Å². The Morgan fingerprint density at radius 1 is 1.33 bits per heavy atom. The number of ether oxygens (including phenoxy) is 1. The van der Waals surface area contributed by atoms with Crippen molar-refractivity contribution in [1.29, 1.82) is 0 Å². The summed E-state index contributed by atoms with van der Waals surface area (Å²) in [5.41, 5.74) is 0.969. The van der Waals surface area contributed by atoms with Gasteiger partial charge in [0, 0.05) is 12.6 Å². The van der Waals surface area contributed by atoms with E-state index in [1.54, 1.807) is 4.57 Å². The van der Waals surface area contributed by atoms with E-state index in [0.29, 0.717) is 16.9 Å².